The molecule has 6 heteroatoms. The van der Waals surface area contributed by atoms with Crippen LogP contribution in [-0.2, 0) is 4.79 Å². The first-order chi connectivity index (χ1) is 7.47. The fraction of sp³-hybridized carbons (Fsp3) is 0.100. The highest BCUT2D eigenvalue weighted by molar-refractivity contribution is 9.11. The molecule has 16 heavy (non-hydrogen) atoms. The number of benzene rings is 1. The Bertz CT molecular complexity index is 455. The van der Waals surface area contributed by atoms with Crippen LogP contribution in [0.1, 0.15) is 5.56 Å². The van der Waals surface area contributed by atoms with E-state index in [2.05, 4.69) is 31.9 Å². The van der Waals surface area contributed by atoms with Gasteiger partial charge >= 0.3 is 5.97 Å². The first-order valence-corrected chi connectivity index (χ1v) is 5.72. The Kier molecular flexibility index (Phi) is 4.37. The number of phenols is 1. The van der Waals surface area contributed by atoms with Crippen LogP contribution in [0.25, 0.3) is 6.08 Å². The number of carboxylic acids is 1. The molecule has 0 bridgehead atoms. The summed E-state index contributed by atoms with van der Waals surface area (Å²) in [4.78, 5) is 10.4. The Hall–Kier alpha value is -1.01. The molecule has 1 rings (SSSR count). The number of carbonyl (C=O) groups is 1. The molecular formula is C10H8Br2O4. The largest absolute Gasteiger partial charge is 0.506 e. The van der Waals surface area contributed by atoms with Gasteiger partial charge in [-0.3, -0.25) is 0 Å². The third kappa shape index (κ3) is 2.76. The minimum atomic E-state index is -1.08. The second kappa shape index (κ2) is 5.36. The first-order valence-electron chi connectivity index (χ1n) is 4.13. The Morgan fingerprint density at radius 2 is 2.12 bits per heavy atom. The highest BCUT2D eigenvalue weighted by atomic mass is 79.9. The van der Waals surface area contributed by atoms with E-state index in [0.29, 0.717) is 20.3 Å². The van der Waals surface area contributed by atoms with Crippen LogP contribution in [0.5, 0.6) is 11.5 Å². The van der Waals surface area contributed by atoms with Gasteiger partial charge in [0.2, 0.25) is 0 Å². The monoisotopic (exact) mass is 350 g/mol. The van der Waals surface area contributed by atoms with Gasteiger partial charge in [0.25, 0.3) is 0 Å². The van der Waals surface area contributed by atoms with Crippen molar-refractivity contribution in [2.24, 2.45) is 0 Å². The number of halogens is 2. The van der Waals surface area contributed by atoms with Crippen molar-refractivity contribution in [3.05, 3.63) is 26.7 Å². The SMILES string of the molecule is COc1c(Br)cc(/C=C/C(=O)O)c(O)c1Br. The zero-order chi connectivity index (χ0) is 12.3. The molecule has 0 amide bonds. The molecule has 0 aromatic heterocycles. The second-order valence-electron chi connectivity index (χ2n) is 2.82. The van der Waals surface area contributed by atoms with Gasteiger partial charge in [-0.2, -0.15) is 0 Å². The predicted molar refractivity (Wildman–Crippen MR) is 66.7 cm³/mol. The maximum absolute atomic E-state index is 10.4. The average molecular weight is 352 g/mol. The van der Waals surface area contributed by atoms with Crippen LogP contribution in [0.15, 0.2) is 21.1 Å². The van der Waals surface area contributed by atoms with E-state index in [1.54, 1.807) is 6.07 Å². The second-order valence-corrected chi connectivity index (χ2v) is 4.46. The van der Waals surface area contributed by atoms with E-state index in [-0.39, 0.29) is 5.75 Å². The summed E-state index contributed by atoms with van der Waals surface area (Å²) in [5.74, 6) is -0.704. The standard InChI is InChI=1S/C10H8Br2O4/c1-16-10-6(11)4-5(2-3-7(13)14)9(15)8(10)12/h2-4,15H,1H3,(H,13,14)/b3-2+. The summed E-state index contributed by atoms with van der Waals surface area (Å²) >= 11 is 6.41. The van der Waals surface area contributed by atoms with E-state index in [1.165, 1.54) is 13.2 Å². The molecule has 4 nitrogen and oxygen atoms in total. The van der Waals surface area contributed by atoms with Crippen LogP contribution in [0.2, 0.25) is 0 Å². The third-order valence-corrected chi connectivity index (χ3v) is 3.11. The molecule has 0 radical (unpaired) electrons. The summed E-state index contributed by atoms with van der Waals surface area (Å²) in [7, 11) is 1.47. The highest BCUT2D eigenvalue weighted by Gasteiger charge is 2.13. The zero-order valence-electron chi connectivity index (χ0n) is 8.20. The molecule has 0 fully saturated rings. The maximum Gasteiger partial charge on any atom is 0.328 e. The Morgan fingerprint density at radius 3 is 2.62 bits per heavy atom. The molecule has 0 aliphatic rings. The number of phenolic OH excluding ortho intramolecular Hbond substituents is 1. The maximum atomic E-state index is 10.4. The van der Waals surface area contributed by atoms with Crippen LogP contribution in [0.3, 0.4) is 0 Å². The Balaban J connectivity index is 3.28. The normalized spacial score (nSPS) is 10.7. The number of ether oxygens (including phenoxy) is 1. The van der Waals surface area contributed by atoms with E-state index in [1.807, 2.05) is 0 Å². The minimum absolute atomic E-state index is 0.0717. The molecule has 0 aliphatic carbocycles. The lowest BCUT2D eigenvalue weighted by molar-refractivity contribution is -0.131. The molecule has 0 heterocycles. The average Bonchev–Trinajstić information content (AvgIpc) is 2.22. The highest BCUT2D eigenvalue weighted by Crippen LogP contribution is 2.42. The molecule has 0 atom stereocenters. The molecule has 0 unspecified atom stereocenters. The van der Waals surface area contributed by atoms with Crippen molar-refractivity contribution in [1.82, 2.24) is 0 Å². The van der Waals surface area contributed by atoms with Gasteiger partial charge < -0.3 is 14.9 Å². The van der Waals surface area contributed by atoms with Gasteiger partial charge in [0, 0.05) is 11.6 Å². The molecule has 1 aromatic carbocycles. The summed E-state index contributed by atoms with van der Waals surface area (Å²) in [6.45, 7) is 0. The summed E-state index contributed by atoms with van der Waals surface area (Å²) in [6.07, 6.45) is 2.24. The summed E-state index contributed by atoms with van der Waals surface area (Å²) < 4.78 is 6.03. The van der Waals surface area contributed by atoms with Crippen molar-refractivity contribution in [3.8, 4) is 11.5 Å². The summed E-state index contributed by atoms with van der Waals surface area (Å²) in [5.41, 5.74) is 0.377. The summed E-state index contributed by atoms with van der Waals surface area (Å²) in [5, 5.41) is 18.2. The minimum Gasteiger partial charge on any atom is -0.506 e. The number of hydrogen-bond donors (Lipinski definition) is 2. The number of carboxylic acid groups (broad SMARTS) is 1. The zero-order valence-corrected chi connectivity index (χ0v) is 11.4. The van der Waals surface area contributed by atoms with Crippen LogP contribution >= 0.6 is 31.9 Å². The number of methoxy groups -OCH3 is 1. The fourth-order valence-corrected chi connectivity index (χ4v) is 2.56. The van der Waals surface area contributed by atoms with Gasteiger partial charge in [-0.25, -0.2) is 4.79 Å². The van der Waals surface area contributed by atoms with Crippen molar-refractivity contribution in [2.45, 2.75) is 0 Å². The smallest absolute Gasteiger partial charge is 0.328 e. The molecule has 1 aromatic rings. The lowest BCUT2D eigenvalue weighted by Gasteiger charge is -2.09. The van der Waals surface area contributed by atoms with Gasteiger partial charge in [0.1, 0.15) is 10.2 Å². The molecule has 0 spiro atoms. The van der Waals surface area contributed by atoms with Gasteiger partial charge in [-0.15, -0.1) is 0 Å². The lowest BCUT2D eigenvalue weighted by Crippen LogP contribution is -1.90. The van der Waals surface area contributed by atoms with Crippen molar-refractivity contribution in [2.75, 3.05) is 7.11 Å². The molecule has 0 aliphatic heterocycles. The third-order valence-electron chi connectivity index (χ3n) is 1.79. The van der Waals surface area contributed by atoms with E-state index in [9.17, 15) is 9.90 Å². The van der Waals surface area contributed by atoms with Crippen LogP contribution in [0, 0.1) is 0 Å². The molecular weight excluding hydrogens is 344 g/mol. The number of aromatic hydroxyl groups is 1. The number of aliphatic carboxylic acids is 1. The first kappa shape index (κ1) is 13.1. The van der Waals surface area contributed by atoms with Gasteiger partial charge in [0.15, 0.2) is 5.75 Å². The van der Waals surface area contributed by atoms with E-state index in [0.717, 1.165) is 6.08 Å². The number of rotatable bonds is 3. The van der Waals surface area contributed by atoms with Gasteiger partial charge in [-0.1, -0.05) is 0 Å². The van der Waals surface area contributed by atoms with Crippen molar-refractivity contribution in [3.63, 3.8) is 0 Å². The van der Waals surface area contributed by atoms with Crippen LogP contribution < -0.4 is 4.74 Å². The van der Waals surface area contributed by atoms with E-state index >= 15 is 0 Å². The van der Waals surface area contributed by atoms with Crippen molar-refractivity contribution >= 4 is 43.9 Å². The molecule has 0 saturated heterocycles. The molecule has 2 N–H and O–H groups in total. The van der Waals surface area contributed by atoms with Crippen LogP contribution in [-0.4, -0.2) is 23.3 Å². The van der Waals surface area contributed by atoms with Gasteiger partial charge in [-0.05, 0) is 44.0 Å². The quantitative estimate of drug-likeness (QED) is 0.821. The summed E-state index contributed by atoms with van der Waals surface area (Å²) in [6, 6.07) is 1.57. The molecule has 86 valence electrons. The topological polar surface area (TPSA) is 66.8 Å². The van der Waals surface area contributed by atoms with Crippen molar-refractivity contribution in [1.29, 1.82) is 0 Å². The Morgan fingerprint density at radius 1 is 1.50 bits per heavy atom. The Labute approximate surface area is 109 Å². The van der Waals surface area contributed by atoms with Crippen molar-refractivity contribution < 1.29 is 19.7 Å². The fourth-order valence-electron chi connectivity index (χ4n) is 1.08. The number of hydrogen-bond acceptors (Lipinski definition) is 3. The van der Waals surface area contributed by atoms with E-state index in [4.69, 9.17) is 9.84 Å². The lowest BCUT2D eigenvalue weighted by atomic mass is 10.2. The predicted octanol–water partition coefficient (Wildman–Crippen LogP) is 3.02. The van der Waals surface area contributed by atoms with Gasteiger partial charge in [0.05, 0.1) is 11.6 Å². The van der Waals surface area contributed by atoms with Crippen LogP contribution in [0.4, 0.5) is 0 Å². The molecule has 0 saturated carbocycles. The van der Waals surface area contributed by atoms with E-state index < -0.39 is 5.97 Å².